The van der Waals surface area contributed by atoms with E-state index in [4.69, 9.17) is 4.42 Å². The molecule has 2 aromatic heterocycles. The van der Waals surface area contributed by atoms with E-state index >= 15 is 0 Å². The van der Waals surface area contributed by atoms with Crippen molar-refractivity contribution in [3.05, 3.63) is 66.9 Å². The molecule has 0 aliphatic rings. The first-order valence-electron chi connectivity index (χ1n) is 9.35. The molecule has 0 bridgehead atoms. The summed E-state index contributed by atoms with van der Waals surface area (Å²) in [4.78, 5) is 11.0. The highest BCUT2D eigenvalue weighted by Gasteiger charge is 2.09. The molecule has 28 heavy (non-hydrogen) atoms. The van der Waals surface area contributed by atoms with Gasteiger partial charge >= 0.3 is 0 Å². The fourth-order valence-electron chi connectivity index (χ4n) is 3.03. The third kappa shape index (κ3) is 3.76. The molecule has 0 atom stereocenters. The average Bonchev–Trinajstić information content (AvgIpc) is 3.19. The van der Waals surface area contributed by atoms with Crippen molar-refractivity contribution >= 4 is 28.3 Å². The number of fused-ring (bicyclic) bond motifs is 1. The van der Waals surface area contributed by atoms with Crippen LogP contribution in [0, 0.1) is 0 Å². The Hall–Kier alpha value is -3.54. The largest absolute Gasteiger partial charge is 0.418 e. The van der Waals surface area contributed by atoms with Gasteiger partial charge in [-0.2, -0.15) is 10.2 Å². The number of nitrogens with zero attached hydrogens (tertiary/aromatic N) is 5. The predicted molar refractivity (Wildman–Crippen MR) is 111 cm³/mol. The molecule has 0 fully saturated rings. The van der Waals surface area contributed by atoms with E-state index in [0.29, 0.717) is 11.6 Å². The molecule has 0 aliphatic carbocycles. The van der Waals surface area contributed by atoms with Crippen molar-refractivity contribution in [1.82, 2.24) is 9.97 Å². The van der Waals surface area contributed by atoms with Crippen LogP contribution in [0.4, 0.5) is 17.1 Å². The predicted octanol–water partition coefficient (Wildman–Crippen LogP) is 6.15. The van der Waals surface area contributed by atoms with Crippen molar-refractivity contribution in [2.24, 2.45) is 10.2 Å². The Morgan fingerprint density at radius 2 is 1.68 bits per heavy atom. The van der Waals surface area contributed by atoms with Crippen LogP contribution in [0.25, 0.3) is 22.7 Å². The van der Waals surface area contributed by atoms with E-state index < -0.39 is 0 Å². The van der Waals surface area contributed by atoms with Crippen LogP contribution < -0.4 is 4.90 Å². The van der Waals surface area contributed by atoms with Gasteiger partial charge in [-0.1, -0.05) is 6.07 Å². The van der Waals surface area contributed by atoms with Crippen LogP contribution in [0.5, 0.6) is 0 Å². The Kier molecular flexibility index (Phi) is 5.10. The molecule has 6 nitrogen and oxygen atoms in total. The molecule has 0 unspecified atom stereocenters. The van der Waals surface area contributed by atoms with Crippen molar-refractivity contribution in [3.63, 3.8) is 0 Å². The van der Waals surface area contributed by atoms with E-state index in [-0.39, 0.29) is 0 Å². The Bertz CT molecular complexity index is 1060. The van der Waals surface area contributed by atoms with Gasteiger partial charge in [-0.15, -0.1) is 0 Å². The third-order valence-electron chi connectivity index (χ3n) is 4.52. The van der Waals surface area contributed by atoms with Crippen LogP contribution in [0.15, 0.2) is 81.5 Å². The molecule has 4 rings (SSSR count). The molecule has 0 radical (unpaired) electrons. The number of anilines is 1. The van der Waals surface area contributed by atoms with Gasteiger partial charge in [-0.05, 0) is 68.4 Å². The number of pyridine rings is 1. The van der Waals surface area contributed by atoms with Gasteiger partial charge in [0.1, 0.15) is 5.52 Å². The molecule has 0 spiro atoms. The molecule has 2 heterocycles. The lowest BCUT2D eigenvalue weighted by Crippen LogP contribution is -2.21. The second kappa shape index (κ2) is 8.00. The first kappa shape index (κ1) is 17.9. The molecule has 0 amide bonds. The lowest BCUT2D eigenvalue weighted by Gasteiger charge is -2.20. The van der Waals surface area contributed by atoms with Crippen LogP contribution in [-0.4, -0.2) is 23.1 Å². The molecule has 6 heteroatoms. The molecule has 0 N–H and O–H groups in total. The maximum absolute atomic E-state index is 5.73. The number of benzene rings is 2. The van der Waals surface area contributed by atoms with Crippen molar-refractivity contribution in [2.75, 3.05) is 18.0 Å². The molecule has 2 aromatic carbocycles. The zero-order valence-electron chi connectivity index (χ0n) is 15.9. The second-order valence-electron chi connectivity index (χ2n) is 6.29. The number of aromatic nitrogens is 2. The Morgan fingerprint density at radius 1 is 0.893 bits per heavy atom. The minimum atomic E-state index is 0.523. The Balaban J connectivity index is 1.54. The fraction of sp³-hybridized carbons (Fsp3) is 0.182. The number of hydrogen-bond acceptors (Lipinski definition) is 6. The zero-order valence-corrected chi connectivity index (χ0v) is 15.9. The van der Waals surface area contributed by atoms with E-state index in [1.54, 1.807) is 6.20 Å². The first-order valence-corrected chi connectivity index (χ1v) is 9.35. The summed E-state index contributed by atoms with van der Waals surface area (Å²) in [6.45, 7) is 6.26. The van der Waals surface area contributed by atoms with Crippen LogP contribution >= 0.6 is 0 Å². The van der Waals surface area contributed by atoms with Gasteiger partial charge in [0.2, 0.25) is 11.6 Å². The maximum Gasteiger partial charge on any atom is 0.247 e. The van der Waals surface area contributed by atoms with Crippen LogP contribution in [-0.2, 0) is 0 Å². The molecule has 0 aliphatic heterocycles. The summed E-state index contributed by atoms with van der Waals surface area (Å²) in [6.07, 6.45) is 1.69. The molecule has 0 saturated carbocycles. The summed E-state index contributed by atoms with van der Waals surface area (Å²) in [7, 11) is 0. The first-order chi connectivity index (χ1) is 13.8. The fourth-order valence-corrected chi connectivity index (χ4v) is 3.03. The van der Waals surface area contributed by atoms with Crippen LogP contribution in [0.1, 0.15) is 13.8 Å². The molecule has 140 valence electrons. The normalized spacial score (nSPS) is 11.4. The lowest BCUT2D eigenvalue weighted by atomic mass is 10.2. The van der Waals surface area contributed by atoms with Gasteiger partial charge in [0.15, 0.2) is 0 Å². The van der Waals surface area contributed by atoms with Crippen molar-refractivity contribution in [1.29, 1.82) is 0 Å². The molecular formula is C22H21N5O. The van der Waals surface area contributed by atoms with E-state index in [0.717, 1.165) is 35.5 Å². The highest BCUT2D eigenvalue weighted by molar-refractivity contribution is 5.73. The van der Waals surface area contributed by atoms with E-state index in [9.17, 15) is 0 Å². The summed E-state index contributed by atoms with van der Waals surface area (Å²) in [5.74, 6) is 0.523. The Labute approximate surface area is 163 Å². The number of hydrogen-bond donors (Lipinski definition) is 0. The summed E-state index contributed by atoms with van der Waals surface area (Å²) < 4.78 is 5.73. The van der Waals surface area contributed by atoms with Crippen molar-refractivity contribution in [2.45, 2.75) is 13.8 Å². The number of oxazole rings is 1. The second-order valence-corrected chi connectivity index (χ2v) is 6.29. The molecule has 4 aromatic rings. The quantitative estimate of drug-likeness (QED) is 0.381. The lowest BCUT2D eigenvalue weighted by molar-refractivity contribution is 0.608. The topological polar surface area (TPSA) is 66.9 Å². The average molecular weight is 371 g/mol. The van der Waals surface area contributed by atoms with Crippen molar-refractivity contribution < 1.29 is 4.42 Å². The summed E-state index contributed by atoms with van der Waals surface area (Å²) in [5.41, 5.74) is 4.84. The van der Waals surface area contributed by atoms with Crippen LogP contribution in [0.3, 0.4) is 0 Å². The third-order valence-corrected chi connectivity index (χ3v) is 4.52. The molecular weight excluding hydrogens is 350 g/mol. The molecule has 0 saturated heterocycles. The minimum absolute atomic E-state index is 0.523. The minimum Gasteiger partial charge on any atom is -0.418 e. The Morgan fingerprint density at radius 3 is 2.43 bits per heavy atom. The zero-order chi connectivity index (χ0) is 19.3. The van der Waals surface area contributed by atoms with Crippen molar-refractivity contribution in [3.8, 4) is 11.5 Å². The SMILES string of the molecule is CCN(CC)c1ccc(N=Nc2cccc(-c3nc4cccnc4o3)c2)cc1. The van der Waals surface area contributed by atoms with E-state index in [2.05, 4.69) is 51.1 Å². The number of azo groups is 1. The monoisotopic (exact) mass is 371 g/mol. The van der Waals surface area contributed by atoms with E-state index in [1.165, 1.54) is 5.69 Å². The van der Waals surface area contributed by atoms with Gasteiger partial charge in [0.25, 0.3) is 0 Å². The highest BCUT2D eigenvalue weighted by atomic mass is 16.4. The van der Waals surface area contributed by atoms with Crippen LogP contribution in [0.2, 0.25) is 0 Å². The summed E-state index contributed by atoms with van der Waals surface area (Å²) in [6, 6.07) is 19.5. The van der Waals surface area contributed by atoms with E-state index in [1.807, 2.05) is 48.5 Å². The number of rotatable bonds is 6. The summed E-state index contributed by atoms with van der Waals surface area (Å²) >= 11 is 0. The summed E-state index contributed by atoms with van der Waals surface area (Å²) in [5, 5.41) is 8.71. The van der Waals surface area contributed by atoms with Gasteiger partial charge < -0.3 is 9.32 Å². The highest BCUT2D eigenvalue weighted by Crippen LogP contribution is 2.27. The van der Waals surface area contributed by atoms with Gasteiger partial charge in [-0.25, -0.2) is 9.97 Å². The van der Waals surface area contributed by atoms with Gasteiger partial charge in [0, 0.05) is 30.5 Å². The maximum atomic E-state index is 5.73. The van der Waals surface area contributed by atoms with Gasteiger partial charge in [0.05, 0.1) is 11.4 Å². The smallest absolute Gasteiger partial charge is 0.247 e. The standard InChI is InChI=1S/C22H21N5O/c1-3-27(4-2)19-12-10-17(11-13-19)25-26-18-8-5-7-16(15-18)21-24-20-9-6-14-23-22(20)28-21/h5-15H,3-4H2,1-2H3. The van der Waals surface area contributed by atoms with Gasteiger partial charge in [-0.3, -0.25) is 0 Å².